The van der Waals surface area contributed by atoms with Crippen LogP contribution < -0.4 is 10.1 Å². The molecular formula is C14H18N2O5. The number of aliphatic hydroxyl groups is 1. The predicted octanol–water partition coefficient (Wildman–Crippen LogP) is 1.06. The van der Waals surface area contributed by atoms with E-state index in [1.54, 1.807) is 12.1 Å². The van der Waals surface area contributed by atoms with Crippen LogP contribution in [0.4, 0.5) is 10.5 Å². The third-order valence-corrected chi connectivity index (χ3v) is 3.42. The van der Waals surface area contributed by atoms with Crippen LogP contribution >= 0.6 is 0 Å². The predicted molar refractivity (Wildman–Crippen MR) is 75.5 cm³/mol. The summed E-state index contributed by atoms with van der Waals surface area (Å²) in [7, 11) is 1.49. The number of amides is 2. The van der Waals surface area contributed by atoms with E-state index in [2.05, 4.69) is 5.32 Å². The van der Waals surface area contributed by atoms with E-state index < -0.39 is 24.1 Å². The highest BCUT2D eigenvalue weighted by atomic mass is 16.5. The zero-order valence-electron chi connectivity index (χ0n) is 11.9. The summed E-state index contributed by atoms with van der Waals surface area (Å²) in [4.78, 5) is 24.5. The minimum absolute atomic E-state index is 0.00304. The molecule has 0 aromatic heterocycles. The molecule has 114 valence electrons. The van der Waals surface area contributed by atoms with Gasteiger partial charge in [-0.3, -0.25) is 0 Å². The highest BCUT2D eigenvalue weighted by molar-refractivity contribution is 5.94. The van der Waals surface area contributed by atoms with Gasteiger partial charge >= 0.3 is 12.0 Å². The molecule has 2 amide bonds. The number of hydrogen-bond donors (Lipinski definition) is 3. The van der Waals surface area contributed by atoms with Crippen LogP contribution in [0, 0.1) is 6.92 Å². The largest absolute Gasteiger partial charge is 0.495 e. The second kappa shape index (κ2) is 6.01. The first-order valence-corrected chi connectivity index (χ1v) is 6.55. The Labute approximate surface area is 122 Å². The quantitative estimate of drug-likeness (QED) is 0.774. The minimum Gasteiger partial charge on any atom is -0.495 e. The summed E-state index contributed by atoms with van der Waals surface area (Å²) < 4.78 is 5.16. The molecule has 1 aliphatic heterocycles. The summed E-state index contributed by atoms with van der Waals surface area (Å²) in [6.07, 6.45) is -0.787. The lowest BCUT2D eigenvalue weighted by Crippen LogP contribution is -2.43. The van der Waals surface area contributed by atoms with Gasteiger partial charge in [-0.2, -0.15) is 0 Å². The Morgan fingerprint density at radius 3 is 2.76 bits per heavy atom. The zero-order chi connectivity index (χ0) is 15.6. The topological polar surface area (TPSA) is 99.1 Å². The van der Waals surface area contributed by atoms with Crippen LogP contribution in [0.5, 0.6) is 5.75 Å². The van der Waals surface area contributed by atoms with Gasteiger partial charge in [0.25, 0.3) is 0 Å². The zero-order valence-corrected chi connectivity index (χ0v) is 11.9. The SMILES string of the molecule is COc1ccc(C)cc1NC(=O)N1C[C@H](O)C[C@@H]1C(=O)O. The Balaban J connectivity index is 2.18. The first-order valence-electron chi connectivity index (χ1n) is 6.55. The van der Waals surface area contributed by atoms with E-state index in [-0.39, 0.29) is 13.0 Å². The highest BCUT2D eigenvalue weighted by Gasteiger charge is 2.39. The van der Waals surface area contributed by atoms with Crippen molar-refractivity contribution in [2.24, 2.45) is 0 Å². The van der Waals surface area contributed by atoms with E-state index in [1.165, 1.54) is 7.11 Å². The molecule has 2 atom stereocenters. The molecule has 2 rings (SSSR count). The second-order valence-electron chi connectivity index (χ2n) is 5.03. The first-order chi connectivity index (χ1) is 9.92. The molecule has 0 saturated carbocycles. The molecular weight excluding hydrogens is 276 g/mol. The Kier molecular flexibility index (Phi) is 4.32. The molecule has 0 spiro atoms. The molecule has 0 radical (unpaired) electrons. The lowest BCUT2D eigenvalue weighted by atomic mass is 10.2. The molecule has 0 unspecified atom stereocenters. The number of nitrogens with one attached hydrogen (secondary N) is 1. The van der Waals surface area contributed by atoms with Crippen molar-refractivity contribution >= 4 is 17.7 Å². The lowest BCUT2D eigenvalue weighted by Gasteiger charge is -2.22. The van der Waals surface area contributed by atoms with Crippen LogP contribution in [0.15, 0.2) is 18.2 Å². The number of aryl methyl sites for hydroxylation is 1. The number of carboxylic acid groups (broad SMARTS) is 1. The van der Waals surface area contributed by atoms with E-state index in [0.717, 1.165) is 10.5 Å². The number of nitrogens with zero attached hydrogens (tertiary/aromatic N) is 1. The summed E-state index contributed by atoms with van der Waals surface area (Å²) in [5, 5.41) is 21.3. The monoisotopic (exact) mass is 294 g/mol. The number of benzene rings is 1. The third kappa shape index (κ3) is 3.25. The molecule has 21 heavy (non-hydrogen) atoms. The molecule has 0 aliphatic carbocycles. The van der Waals surface area contributed by atoms with Crippen LogP contribution in [0.1, 0.15) is 12.0 Å². The fourth-order valence-corrected chi connectivity index (χ4v) is 2.38. The molecule has 1 aromatic carbocycles. The van der Waals surface area contributed by atoms with Gasteiger partial charge in [-0.1, -0.05) is 6.07 Å². The minimum atomic E-state index is -1.13. The number of carbonyl (C=O) groups is 2. The molecule has 1 heterocycles. The summed E-state index contributed by atoms with van der Waals surface area (Å²) in [5.74, 6) is -0.640. The van der Waals surface area contributed by atoms with Crippen LogP contribution in [-0.2, 0) is 4.79 Å². The van der Waals surface area contributed by atoms with Gasteiger partial charge in [0.15, 0.2) is 0 Å². The van der Waals surface area contributed by atoms with E-state index in [9.17, 15) is 14.7 Å². The number of hydrogen-bond acceptors (Lipinski definition) is 4. The van der Waals surface area contributed by atoms with Gasteiger partial charge in [0, 0.05) is 13.0 Å². The van der Waals surface area contributed by atoms with Crippen molar-refractivity contribution in [2.45, 2.75) is 25.5 Å². The smallest absolute Gasteiger partial charge is 0.326 e. The van der Waals surface area contributed by atoms with Gasteiger partial charge in [0.1, 0.15) is 11.8 Å². The summed E-state index contributed by atoms with van der Waals surface area (Å²) >= 11 is 0. The molecule has 7 nitrogen and oxygen atoms in total. The van der Waals surface area contributed by atoms with Crippen molar-refractivity contribution < 1.29 is 24.5 Å². The summed E-state index contributed by atoms with van der Waals surface area (Å²) in [5.41, 5.74) is 1.40. The van der Waals surface area contributed by atoms with Crippen molar-refractivity contribution in [3.8, 4) is 5.75 Å². The third-order valence-electron chi connectivity index (χ3n) is 3.42. The van der Waals surface area contributed by atoms with Crippen LogP contribution in [0.25, 0.3) is 0 Å². The van der Waals surface area contributed by atoms with E-state index in [0.29, 0.717) is 11.4 Å². The summed E-state index contributed by atoms with van der Waals surface area (Å²) in [6, 6.07) is 3.71. The number of aliphatic hydroxyl groups excluding tert-OH is 1. The van der Waals surface area contributed by atoms with Gasteiger partial charge in [-0.05, 0) is 24.6 Å². The molecule has 3 N–H and O–H groups in total. The van der Waals surface area contributed by atoms with Crippen molar-refractivity contribution in [3.05, 3.63) is 23.8 Å². The summed E-state index contributed by atoms with van der Waals surface area (Å²) in [6.45, 7) is 1.87. The lowest BCUT2D eigenvalue weighted by molar-refractivity contribution is -0.141. The maximum absolute atomic E-state index is 12.2. The normalized spacial score (nSPS) is 21.2. The van der Waals surface area contributed by atoms with Gasteiger partial charge in [-0.25, -0.2) is 9.59 Å². The Morgan fingerprint density at radius 2 is 2.14 bits per heavy atom. The first kappa shape index (κ1) is 15.1. The second-order valence-corrected chi connectivity index (χ2v) is 5.03. The fraction of sp³-hybridized carbons (Fsp3) is 0.429. The number of methoxy groups -OCH3 is 1. The number of carboxylic acids is 1. The number of anilines is 1. The van der Waals surface area contributed by atoms with Crippen molar-refractivity contribution in [1.82, 2.24) is 4.90 Å². The number of urea groups is 1. The molecule has 1 aliphatic rings. The van der Waals surface area contributed by atoms with Crippen LogP contribution in [0.3, 0.4) is 0 Å². The standard InChI is InChI=1S/C14H18N2O5/c1-8-3-4-12(21-2)10(5-8)15-14(20)16-7-9(17)6-11(16)13(18)19/h3-5,9,11,17H,6-7H2,1-2H3,(H,15,20)(H,18,19)/t9-,11-/m1/s1. The average Bonchev–Trinajstić information content (AvgIpc) is 2.81. The molecule has 7 heteroatoms. The molecule has 1 fully saturated rings. The maximum atomic E-state index is 12.2. The Bertz CT molecular complexity index is 560. The van der Waals surface area contributed by atoms with Crippen LogP contribution in [-0.4, -0.2) is 52.9 Å². The van der Waals surface area contributed by atoms with Crippen LogP contribution in [0.2, 0.25) is 0 Å². The number of carbonyl (C=O) groups excluding carboxylic acids is 1. The van der Waals surface area contributed by atoms with Gasteiger partial charge < -0.3 is 25.2 Å². The Morgan fingerprint density at radius 1 is 1.43 bits per heavy atom. The highest BCUT2D eigenvalue weighted by Crippen LogP contribution is 2.27. The van der Waals surface area contributed by atoms with Gasteiger partial charge in [-0.15, -0.1) is 0 Å². The number of aliphatic carboxylic acids is 1. The number of rotatable bonds is 3. The molecule has 1 aromatic rings. The van der Waals surface area contributed by atoms with Crippen molar-refractivity contribution in [3.63, 3.8) is 0 Å². The number of ether oxygens (including phenoxy) is 1. The van der Waals surface area contributed by atoms with Gasteiger partial charge in [0.05, 0.1) is 18.9 Å². The van der Waals surface area contributed by atoms with E-state index in [4.69, 9.17) is 9.84 Å². The van der Waals surface area contributed by atoms with Crippen molar-refractivity contribution in [1.29, 1.82) is 0 Å². The molecule has 1 saturated heterocycles. The molecule has 0 bridgehead atoms. The maximum Gasteiger partial charge on any atom is 0.326 e. The fourth-order valence-electron chi connectivity index (χ4n) is 2.38. The van der Waals surface area contributed by atoms with E-state index >= 15 is 0 Å². The number of β-amino-alcohol motifs (C(OH)–C–C–N with tert-alkyl or cyclic N) is 1. The van der Waals surface area contributed by atoms with E-state index in [1.807, 2.05) is 13.0 Å². The Hall–Kier alpha value is -2.28. The average molecular weight is 294 g/mol. The van der Waals surface area contributed by atoms with Gasteiger partial charge in [0.2, 0.25) is 0 Å². The van der Waals surface area contributed by atoms with Crippen molar-refractivity contribution in [2.75, 3.05) is 19.0 Å². The number of likely N-dealkylation sites (tertiary alicyclic amines) is 1.